The maximum atomic E-state index is 6.03. The summed E-state index contributed by atoms with van der Waals surface area (Å²) in [6.45, 7) is 6.95. The molecule has 1 aliphatic heterocycles. The van der Waals surface area contributed by atoms with Crippen LogP contribution in [0.2, 0.25) is 5.02 Å². The van der Waals surface area contributed by atoms with Crippen LogP contribution in [0, 0.1) is 5.92 Å². The molecule has 26 heavy (non-hydrogen) atoms. The molecule has 0 aliphatic carbocycles. The lowest BCUT2D eigenvalue weighted by Crippen LogP contribution is -2.32. The van der Waals surface area contributed by atoms with E-state index in [0.29, 0.717) is 29.3 Å². The molecule has 2 aromatic heterocycles. The molecule has 1 saturated heterocycles. The average Bonchev–Trinajstić information content (AvgIpc) is 3.21. The number of fused-ring (bicyclic) bond motifs is 1. The molecule has 3 heterocycles. The molecule has 1 aliphatic rings. The van der Waals surface area contributed by atoms with Crippen molar-refractivity contribution in [3.63, 3.8) is 0 Å². The normalized spacial score (nSPS) is 16.8. The Labute approximate surface area is 157 Å². The van der Waals surface area contributed by atoms with Crippen molar-refractivity contribution >= 4 is 22.7 Å². The Balaban J connectivity index is 1.35. The van der Waals surface area contributed by atoms with Crippen LogP contribution in [-0.2, 0) is 13.0 Å². The zero-order valence-electron chi connectivity index (χ0n) is 15.1. The van der Waals surface area contributed by atoms with E-state index in [1.54, 1.807) is 0 Å². The van der Waals surface area contributed by atoms with Gasteiger partial charge in [-0.1, -0.05) is 30.6 Å². The highest BCUT2D eigenvalue weighted by Crippen LogP contribution is 2.31. The molecule has 0 saturated carbocycles. The summed E-state index contributed by atoms with van der Waals surface area (Å²) in [5.41, 5.74) is 1.63. The molecule has 1 aromatic carbocycles. The number of hydrogen-bond acceptors (Lipinski definition) is 6. The summed E-state index contributed by atoms with van der Waals surface area (Å²) in [5, 5.41) is 4.75. The Kier molecular flexibility index (Phi) is 4.96. The van der Waals surface area contributed by atoms with E-state index in [9.17, 15) is 0 Å². The molecule has 6 nitrogen and oxygen atoms in total. The van der Waals surface area contributed by atoms with Crippen molar-refractivity contribution in [1.82, 2.24) is 20.0 Å². The first-order valence-corrected chi connectivity index (χ1v) is 9.54. The fraction of sp³-hybridized carbons (Fsp3) is 0.526. The second-order valence-electron chi connectivity index (χ2n) is 7.42. The zero-order valence-corrected chi connectivity index (χ0v) is 15.9. The van der Waals surface area contributed by atoms with Gasteiger partial charge in [-0.25, -0.2) is 4.98 Å². The van der Waals surface area contributed by atoms with Gasteiger partial charge in [0.05, 0.1) is 6.54 Å². The molecule has 0 bridgehead atoms. The first kappa shape index (κ1) is 17.5. The van der Waals surface area contributed by atoms with Crippen molar-refractivity contribution in [3.8, 4) is 0 Å². The molecule has 0 amide bonds. The van der Waals surface area contributed by atoms with Crippen LogP contribution in [0.4, 0.5) is 0 Å². The minimum Gasteiger partial charge on any atom is -0.440 e. The first-order valence-electron chi connectivity index (χ1n) is 9.16. The number of likely N-dealkylation sites (tertiary alicyclic amines) is 1. The quantitative estimate of drug-likeness (QED) is 0.657. The van der Waals surface area contributed by atoms with Crippen LogP contribution in [0.15, 0.2) is 27.1 Å². The minimum absolute atomic E-state index is 0.344. The lowest BCUT2D eigenvalue weighted by atomic mass is 9.97. The van der Waals surface area contributed by atoms with Crippen molar-refractivity contribution < 1.29 is 8.94 Å². The van der Waals surface area contributed by atoms with E-state index in [1.807, 2.05) is 18.2 Å². The third-order valence-electron chi connectivity index (χ3n) is 4.76. The minimum atomic E-state index is 0.344. The van der Waals surface area contributed by atoms with Crippen molar-refractivity contribution in [2.45, 2.75) is 45.6 Å². The van der Waals surface area contributed by atoms with Gasteiger partial charge in [0.1, 0.15) is 5.52 Å². The third kappa shape index (κ3) is 3.91. The summed E-state index contributed by atoms with van der Waals surface area (Å²) in [4.78, 5) is 11.5. The topological polar surface area (TPSA) is 68.2 Å². The smallest absolute Gasteiger partial charge is 0.240 e. The highest BCUT2D eigenvalue weighted by molar-refractivity contribution is 6.31. The highest BCUT2D eigenvalue weighted by atomic mass is 35.5. The third-order valence-corrected chi connectivity index (χ3v) is 5.00. The average molecular weight is 375 g/mol. The summed E-state index contributed by atoms with van der Waals surface area (Å²) in [6, 6.07) is 5.57. The predicted octanol–water partition coefficient (Wildman–Crippen LogP) is 4.44. The van der Waals surface area contributed by atoms with Crippen LogP contribution in [0.3, 0.4) is 0 Å². The molecule has 0 radical (unpaired) electrons. The fourth-order valence-electron chi connectivity index (χ4n) is 3.42. The number of rotatable bonds is 5. The lowest BCUT2D eigenvalue weighted by Gasteiger charge is -2.29. The van der Waals surface area contributed by atoms with Crippen molar-refractivity contribution in [3.05, 3.63) is 40.8 Å². The van der Waals surface area contributed by atoms with Crippen LogP contribution in [0.25, 0.3) is 11.1 Å². The van der Waals surface area contributed by atoms with Gasteiger partial charge in [0.15, 0.2) is 17.3 Å². The van der Waals surface area contributed by atoms with E-state index >= 15 is 0 Å². The van der Waals surface area contributed by atoms with E-state index in [0.717, 1.165) is 55.2 Å². The Morgan fingerprint density at radius 3 is 2.81 bits per heavy atom. The fourth-order valence-corrected chi connectivity index (χ4v) is 3.59. The number of oxazole rings is 1. The summed E-state index contributed by atoms with van der Waals surface area (Å²) in [7, 11) is 0. The molecule has 3 aromatic rings. The second kappa shape index (κ2) is 7.37. The van der Waals surface area contributed by atoms with Gasteiger partial charge in [-0.05, 0) is 50.0 Å². The van der Waals surface area contributed by atoms with Gasteiger partial charge in [0.2, 0.25) is 5.89 Å². The molecule has 138 valence electrons. The van der Waals surface area contributed by atoms with E-state index in [4.69, 9.17) is 20.5 Å². The molecule has 0 spiro atoms. The Morgan fingerprint density at radius 2 is 2.04 bits per heavy atom. The summed E-state index contributed by atoms with van der Waals surface area (Å²) >= 11 is 6.03. The predicted molar refractivity (Wildman–Crippen MR) is 99.1 cm³/mol. The molecule has 7 heteroatoms. The molecule has 0 N–H and O–H groups in total. The van der Waals surface area contributed by atoms with Crippen molar-refractivity contribution in [2.75, 3.05) is 13.1 Å². The highest BCUT2D eigenvalue weighted by Gasteiger charge is 2.25. The molecule has 4 rings (SSSR count). The number of hydrogen-bond donors (Lipinski definition) is 0. The monoisotopic (exact) mass is 374 g/mol. The summed E-state index contributed by atoms with van der Waals surface area (Å²) < 4.78 is 11.3. The summed E-state index contributed by atoms with van der Waals surface area (Å²) in [5.74, 6) is 3.20. The lowest BCUT2D eigenvalue weighted by molar-refractivity contribution is 0.173. The Bertz CT molecular complexity index is 881. The molecular formula is C19H23ClN4O2. The zero-order chi connectivity index (χ0) is 18.1. The Hall–Kier alpha value is -1.92. The van der Waals surface area contributed by atoms with Crippen molar-refractivity contribution in [2.24, 2.45) is 5.92 Å². The number of piperidine rings is 1. The molecular weight excluding hydrogens is 352 g/mol. The second-order valence-corrected chi connectivity index (χ2v) is 7.85. The van der Waals surface area contributed by atoms with Gasteiger partial charge in [-0.2, -0.15) is 4.98 Å². The number of halogens is 1. The van der Waals surface area contributed by atoms with Crippen LogP contribution in [0.5, 0.6) is 0 Å². The van der Waals surface area contributed by atoms with E-state index < -0.39 is 0 Å². The van der Waals surface area contributed by atoms with Crippen molar-refractivity contribution in [1.29, 1.82) is 0 Å². The van der Waals surface area contributed by atoms with Gasteiger partial charge >= 0.3 is 0 Å². The largest absolute Gasteiger partial charge is 0.440 e. The van der Waals surface area contributed by atoms with Crippen LogP contribution >= 0.6 is 11.6 Å². The Morgan fingerprint density at radius 1 is 1.23 bits per heavy atom. The SMILES string of the molecule is CC(C)Cc1noc(CN2CCC(c3nc4cc(Cl)ccc4o3)CC2)n1. The van der Waals surface area contributed by atoms with E-state index in [2.05, 4.69) is 33.9 Å². The first-order chi connectivity index (χ1) is 12.6. The van der Waals surface area contributed by atoms with Gasteiger partial charge in [-0.3, -0.25) is 4.90 Å². The van der Waals surface area contributed by atoms with Crippen LogP contribution in [0.1, 0.15) is 50.2 Å². The summed E-state index contributed by atoms with van der Waals surface area (Å²) in [6.07, 6.45) is 2.87. The van der Waals surface area contributed by atoms with Gasteiger partial charge in [-0.15, -0.1) is 0 Å². The number of nitrogens with zero attached hydrogens (tertiary/aromatic N) is 4. The van der Waals surface area contributed by atoms with Gasteiger partial charge in [0, 0.05) is 17.4 Å². The molecule has 1 fully saturated rings. The van der Waals surface area contributed by atoms with E-state index in [-0.39, 0.29) is 0 Å². The standard InChI is InChI=1S/C19H23ClN4O2/c1-12(2)9-17-22-18(26-23-17)11-24-7-5-13(6-8-24)19-21-15-10-14(20)3-4-16(15)25-19/h3-4,10,12-13H,5-9,11H2,1-2H3. The van der Waals surface area contributed by atoms with Crippen LogP contribution in [-0.4, -0.2) is 33.1 Å². The molecule has 0 atom stereocenters. The maximum absolute atomic E-state index is 6.03. The molecule has 0 unspecified atom stereocenters. The van der Waals surface area contributed by atoms with Gasteiger partial charge < -0.3 is 8.94 Å². The van der Waals surface area contributed by atoms with Gasteiger partial charge in [0.25, 0.3) is 0 Å². The number of benzene rings is 1. The maximum Gasteiger partial charge on any atom is 0.240 e. The number of aromatic nitrogens is 3. The van der Waals surface area contributed by atoms with Crippen LogP contribution < -0.4 is 0 Å². The van der Waals surface area contributed by atoms with E-state index in [1.165, 1.54) is 0 Å².